The van der Waals surface area contributed by atoms with Crippen LogP contribution < -0.4 is 10.6 Å². The maximum Gasteiger partial charge on any atom is 0.331 e. The van der Waals surface area contributed by atoms with Gasteiger partial charge in [-0.05, 0) is 65.5 Å². The number of hydrogen-bond acceptors (Lipinski definition) is 4. The fraction of sp³-hybridized carbons (Fsp3) is 0.636. The Hall–Kier alpha value is -2.08. The van der Waals surface area contributed by atoms with Gasteiger partial charge in [0.05, 0.1) is 12.2 Å². The quantitative estimate of drug-likeness (QED) is 0.684. The molecule has 28 heavy (non-hydrogen) atoms. The smallest absolute Gasteiger partial charge is 0.331 e. The number of benzene rings is 1. The zero-order chi connectivity index (χ0) is 21.7. The number of carbonyl (C=O) groups excluding carboxylic acids is 2. The molecular weight excluding hydrogens is 356 g/mol. The third-order valence-electron chi connectivity index (χ3n) is 3.85. The number of nitrogens with one attached hydrogen (secondary N) is 2. The van der Waals surface area contributed by atoms with Gasteiger partial charge in [0.25, 0.3) is 0 Å². The lowest BCUT2D eigenvalue weighted by atomic mass is 9.98. The number of rotatable bonds is 6. The van der Waals surface area contributed by atoms with E-state index in [1.807, 2.05) is 45.9 Å². The molecule has 0 bridgehead atoms. The van der Waals surface area contributed by atoms with Crippen LogP contribution >= 0.6 is 0 Å². The number of anilines is 1. The van der Waals surface area contributed by atoms with Gasteiger partial charge in [0.2, 0.25) is 0 Å². The molecule has 1 atom stereocenters. The summed E-state index contributed by atoms with van der Waals surface area (Å²) >= 11 is 0. The van der Waals surface area contributed by atoms with E-state index in [1.54, 1.807) is 20.8 Å². The van der Waals surface area contributed by atoms with E-state index in [4.69, 9.17) is 9.47 Å². The normalized spacial score (nSPS) is 13.2. The highest BCUT2D eigenvalue weighted by atomic mass is 16.6. The Morgan fingerprint density at radius 2 is 1.64 bits per heavy atom. The number of ether oxygens (including phenoxy) is 2. The van der Waals surface area contributed by atoms with Crippen LogP contribution in [0.25, 0.3) is 0 Å². The van der Waals surface area contributed by atoms with Crippen LogP contribution in [0.3, 0.4) is 0 Å². The van der Waals surface area contributed by atoms with Crippen molar-refractivity contribution in [2.24, 2.45) is 0 Å². The molecule has 0 heterocycles. The summed E-state index contributed by atoms with van der Waals surface area (Å²) in [5.41, 5.74) is 1.65. The van der Waals surface area contributed by atoms with Crippen LogP contribution in [0.15, 0.2) is 18.2 Å². The monoisotopic (exact) mass is 392 g/mol. The highest BCUT2D eigenvalue weighted by Gasteiger charge is 2.29. The number of para-hydroxylation sites is 1. The summed E-state index contributed by atoms with van der Waals surface area (Å²) in [6, 6.07) is 4.51. The van der Waals surface area contributed by atoms with Crippen LogP contribution in [0.1, 0.15) is 72.4 Å². The first kappa shape index (κ1) is 24.0. The minimum Gasteiger partial charge on any atom is -0.458 e. The first-order chi connectivity index (χ1) is 12.7. The summed E-state index contributed by atoms with van der Waals surface area (Å²) in [7, 11) is 0. The Morgan fingerprint density at radius 1 is 1.04 bits per heavy atom. The molecule has 1 aromatic rings. The summed E-state index contributed by atoms with van der Waals surface area (Å²) < 4.78 is 11.2. The predicted molar refractivity (Wildman–Crippen MR) is 113 cm³/mol. The lowest BCUT2D eigenvalue weighted by Crippen LogP contribution is -2.49. The molecule has 6 nitrogen and oxygen atoms in total. The van der Waals surface area contributed by atoms with Crippen LogP contribution in [0.5, 0.6) is 0 Å². The number of carbonyl (C=O) groups is 2. The molecule has 0 aliphatic heterocycles. The second-order valence-corrected chi connectivity index (χ2v) is 9.30. The van der Waals surface area contributed by atoms with Crippen LogP contribution in [-0.4, -0.2) is 35.9 Å². The standard InChI is InChI=1S/C22H36N2O4/c1-14(2)16-12-10-11-15(3)18(16)24-20(26)23-17(13-27-21(4,5)6)19(25)28-22(7,8)9/h10-12,14,17H,13H2,1-9H3,(H2,23,24,26). The van der Waals surface area contributed by atoms with Crippen molar-refractivity contribution in [3.63, 3.8) is 0 Å². The van der Waals surface area contributed by atoms with Gasteiger partial charge in [-0.2, -0.15) is 0 Å². The molecule has 1 unspecified atom stereocenters. The predicted octanol–water partition coefficient (Wildman–Crippen LogP) is 4.77. The Balaban J connectivity index is 2.96. The zero-order valence-corrected chi connectivity index (χ0v) is 18.7. The van der Waals surface area contributed by atoms with Crippen molar-refractivity contribution < 1.29 is 19.1 Å². The molecule has 0 spiro atoms. The number of esters is 1. The summed E-state index contributed by atoms with van der Waals surface area (Å²) in [6.45, 7) is 17.1. The molecule has 0 aliphatic rings. The van der Waals surface area contributed by atoms with E-state index >= 15 is 0 Å². The van der Waals surface area contributed by atoms with Crippen molar-refractivity contribution in [3.05, 3.63) is 29.3 Å². The summed E-state index contributed by atoms with van der Waals surface area (Å²) in [5.74, 6) is -0.276. The summed E-state index contributed by atoms with van der Waals surface area (Å²) in [4.78, 5) is 25.2. The molecule has 0 radical (unpaired) electrons. The van der Waals surface area contributed by atoms with Gasteiger partial charge in [-0.1, -0.05) is 32.0 Å². The average Bonchev–Trinajstić information content (AvgIpc) is 2.50. The molecule has 1 aromatic carbocycles. The van der Waals surface area contributed by atoms with Crippen molar-refractivity contribution in [3.8, 4) is 0 Å². The van der Waals surface area contributed by atoms with E-state index in [0.29, 0.717) is 0 Å². The van der Waals surface area contributed by atoms with Crippen LogP contribution in [-0.2, 0) is 14.3 Å². The third-order valence-corrected chi connectivity index (χ3v) is 3.85. The minimum atomic E-state index is -0.912. The van der Waals surface area contributed by atoms with Crippen molar-refractivity contribution in [2.75, 3.05) is 11.9 Å². The van der Waals surface area contributed by atoms with E-state index in [0.717, 1.165) is 16.8 Å². The van der Waals surface area contributed by atoms with E-state index < -0.39 is 29.2 Å². The SMILES string of the molecule is Cc1cccc(C(C)C)c1NC(=O)NC(COC(C)(C)C)C(=O)OC(C)(C)C. The van der Waals surface area contributed by atoms with Gasteiger partial charge in [0.1, 0.15) is 5.60 Å². The van der Waals surface area contributed by atoms with E-state index in [1.165, 1.54) is 0 Å². The average molecular weight is 393 g/mol. The van der Waals surface area contributed by atoms with E-state index in [9.17, 15) is 9.59 Å². The molecule has 2 N–H and O–H groups in total. The van der Waals surface area contributed by atoms with Crippen molar-refractivity contribution in [2.45, 2.75) is 85.5 Å². The maximum atomic E-state index is 12.7. The molecule has 0 saturated heterocycles. The lowest BCUT2D eigenvalue weighted by Gasteiger charge is -2.27. The number of aryl methyl sites for hydroxylation is 1. The summed E-state index contributed by atoms with van der Waals surface area (Å²) in [5, 5.41) is 5.60. The molecule has 6 heteroatoms. The number of urea groups is 1. The highest BCUT2D eigenvalue weighted by molar-refractivity contribution is 5.94. The molecule has 0 saturated carbocycles. The maximum absolute atomic E-state index is 12.7. The van der Waals surface area contributed by atoms with Gasteiger partial charge in [0.15, 0.2) is 6.04 Å². The molecule has 0 aromatic heterocycles. The Bertz CT molecular complexity index is 685. The van der Waals surface area contributed by atoms with Gasteiger partial charge in [0, 0.05) is 5.69 Å². The Kier molecular flexibility index (Phi) is 8.05. The summed E-state index contributed by atoms with van der Waals surface area (Å²) in [6.07, 6.45) is 0. The topological polar surface area (TPSA) is 76.7 Å². The van der Waals surface area contributed by atoms with Crippen molar-refractivity contribution in [1.82, 2.24) is 5.32 Å². The van der Waals surface area contributed by atoms with Gasteiger partial charge in [-0.25, -0.2) is 9.59 Å². The van der Waals surface area contributed by atoms with Crippen LogP contribution in [0.2, 0.25) is 0 Å². The van der Waals surface area contributed by atoms with Crippen molar-refractivity contribution >= 4 is 17.7 Å². The van der Waals surface area contributed by atoms with Gasteiger partial charge < -0.3 is 20.1 Å². The van der Waals surface area contributed by atoms with Crippen molar-refractivity contribution in [1.29, 1.82) is 0 Å². The van der Waals surface area contributed by atoms with Gasteiger partial charge in [-0.3, -0.25) is 0 Å². The second kappa shape index (κ2) is 9.41. The van der Waals surface area contributed by atoms with E-state index in [2.05, 4.69) is 24.5 Å². The first-order valence-corrected chi connectivity index (χ1v) is 9.73. The Labute approximate surface area is 169 Å². The fourth-order valence-electron chi connectivity index (χ4n) is 2.53. The Morgan fingerprint density at radius 3 is 2.14 bits per heavy atom. The van der Waals surface area contributed by atoms with Gasteiger partial charge >= 0.3 is 12.0 Å². The molecule has 0 aliphatic carbocycles. The van der Waals surface area contributed by atoms with E-state index in [-0.39, 0.29) is 12.5 Å². The van der Waals surface area contributed by atoms with Crippen LogP contribution in [0, 0.1) is 6.92 Å². The second-order valence-electron chi connectivity index (χ2n) is 9.30. The lowest BCUT2D eigenvalue weighted by molar-refractivity contribution is -0.160. The third kappa shape index (κ3) is 8.30. The molecule has 158 valence electrons. The first-order valence-electron chi connectivity index (χ1n) is 9.73. The largest absolute Gasteiger partial charge is 0.458 e. The molecule has 0 fully saturated rings. The minimum absolute atomic E-state index is 0.0244. The molecule has 1 rings (SSSR count). The van der Waals surface area contributed by atoms with Gasteiger partial charge in [-0.15, -0.1) is 0 Å². The highest BCUT2D eigenvalue weighted by Crippen LogP contribution is 2.27. The molecular formula is C22H36N2O4. The zero-order valence-electron chi connectivity index (χ0n) is 18.7. The van der Waals surface area contributed by atoms with Crippen LogP contribution in [0.4, 0.5) is 10.5 Å². The fourth-order valence-corrected chi connectivity index (χ4v) is 2.53. The number of amides is 2. The molecule has 2 amide bonds. The number of hydrogen-bond donors (Lipinski definition) is 2.